The van der Waals surface area contributed by atoms with E-state index in [1.54, 1.807) is 6.92 Å². The summed E-state index contributed by atoms with van der Waals surface area (Å²) in [5.41, 5.74) is 0. The van der Waals surface area contributed by atoms with Crippen molar-refractivity contribution in [3.05, 3.63) is 0 Å². The van der Waals surface area contributed by atoms with Crippen LogP contribution in [0.1, 0.15) is 6.92 Å². The van der Waals surface area contributed by atoms with E-state index >= 15 is 0 Å². The Kier molecular flexibility index (Phi) is 4.03. The fraction of sp³-hybridized carbons (Fsp3) is 0.200. The van der Waals surface area contributed by atoms with Crippen LogP contribution >= 0.6 is 22.4 Å². The SMILES string of the molecule is C#CB(I)C#CC. The van der Waals surface area contributed by atoms with E-state index < -0.39 is 0 Å². The van der Waals surface area contributed by atoms with Crippen LogP contribution in [-0.2, 0) is 0 Å². The van der Waals surface area contributed by atoms with E-state index in [0.717, 1.165) is 0 Å². The topological polar surface area (TPSA) is 0 Å². The summed E-state index contributed by atoms with van der Waals surface area (Å²) in [6.07, 6.45) is 5.00. The van der Waals surface area contributed by atoms with Crippen molar-refractivity contribution in [1.29, 1.82) is 0 Å². The molecule has 0 aliphatic heterocycles. The van der Waals surface area contributed by atoms with Crippen molar-refractivity contribution in [1.82, 2.24) is 0 Å². The van der Waals surface area contributed by atoms with Crippen molar-refractivity contribution in [3.63, 3.8) is 0 Å². The molecule has 0 aromatic heterocycles. The molecule has 0 unspecified atom stereocenters. The molecule has 0 radical (unpaired) electrons. The molecule has 0 N–H and O–H groups in total. The Labute approximate surface area is 58.0 Å². The Morgan fingerprint density at radius 2 is 2.29 bits per heavy atom. The minimum atomic E-state index is 0.0857. The maximum absolute atomic E-state index is 5.00. The normalized spacial score (nSPS) is 5.29. The van der Waals surface area contributed by atoms with Gasteiger partial charge in [-0.15, -0.1) is 46.4 Å². The summed E-state index contributed by atoms with van der Waals surface area (Å²) in [5.74, 6) is 7.99. The van der Waals surface area contributed by atoms with Gasteiger partial charge in [0.2, 0.25) is 0 Å². The van der Waals surface area contributed by atoms with Gasteiger partial charge in [-0.2, -0.15) is 0 Å². The standard InChI is InChI=1S/C5H4BI/c1-3-5-6(7)4-2/h2H,1H3. The first-order chi connectivity index (χ1) is 3.31. The predicted octanol–water partition coefficient (Wildman–Crippen LogP) is 1.15. The van der Waals surface area contributed by atoms with E-state index in [1.165, 1.54) is 0 Å². The maximum Gasteiger partial charge on any atom is 0.381 e. The smallest absolute Gasteiger partial charge is 0.130 e. The molecule has 0 bridgehead atoms. The Balaban J connectivity index is 3.57. The van der Waals surface area contributed by atoms with Crippen LogP contribution in [0.4, 0.5) is 0 Å². The number of hydrogen-bond donors (Lipinski definition) is 0. The van der Waals surface area contributed by atoms with E-state index in [0.29, 0.717) is 0 Å². The molecule has 0 fully saturated rings. The van der Waals surface area contributed by atoms with Gasteiger partial charge in [0.15, 0.2) is 0 Å². The molecule has 0 aliphatic carbocycles. The van der Waals surface area contributed by atoms with Crippen molar-refractivity contribution < 1.29 is 0 Å². The molecule has 2 heteroatoms. The molecular weight excluding hydrogens is 198 g/mol. The molecule has 0 rings (SSSR count). The minimum Gasteiger partial charge on any atom is -0.130 e. The molecule has 0 aliphatic rings. The van der Waals surface area contributed by atoms with Crippen LogP contribution < -0.4 is 0 Å². The lowest BCUT2D eigenvalue weighted by molar-refractivity contribution is 1.93. The van der Waals surface area contributed by atoms with Gasteiger partial charge < -0.3 is 0 Å². The van der Waals surface area contributed by atoms with E-state index in [2.05, 4.69) is 39.9 Å². The van der Waals surface area contributed by atoms with Crippen LogP contribution in [0, 0.1) is 24.0 Å². The average molecular weight is 202 g/mol. The Hall–Kier alpha value is -0.0851. The van der Waals surface area contributed by atoms with Gasteiger partial charge in [-0.25, -0.2) is 0 Å². The largest absolute Gasteiger partial charge is 0.381 e. The quantitative estimate of drug-likeness (QED) is 0.314. The third-order valence-electron chi connectivity index (χ3n) is 0.417. The summed E-state index contributed by atoms with van der Waals surface area (Å²) >= 11 is 2.10. The van der Waals surface area contributed by atoms with Crippen LogP contribution in [0.15, 0.2) is 0 Å². The molecule has 7 heavy (non-hydrogen) atoms. The first kappa shape index (κ1) is 6.91. The maximum atomic E-state index is 5.00. The van der Waals surface area contributed by atoms with E-state index in [9.17, 15) is 0 Å². The fourth-order valence-electron chi connectivity index (χ4n) is 0.168. The Bertz CT molecular complexity index is 134. The van der Waals surface area contributed by atoms with Crippen LogP contribution in [0.25, 0.3) is 0 Å². The lowest BCUT2D eigenvalue weighted by Crippen LogP contribution is -1.91. The van der Waals surface area contributed by atoms with E-state index in [4.69, 9.17) is 6.42 Å². The molecule has 0 heterocycles. The van der Waals surface area contributed by atoms with Crippen LogP contribution in [0.3, 0.4) is 0 Å². The molecule has 0 aromatic carbocycles. The van der Waals surface area contributed by atoms with Crippen LogP contribution in [0.2, 0.25) is 0 Å². The van der Waals surface area contributed by atoms with Gasteiger partial charge in [-0.05, 0) is 6.92 Å². The minimum absolute atomic E-state index is 0.0857. The van der Waals surface area contributed by atoms with Crippen molar-refractivity contribution in [2.45, 2.75) is 6.92 Å². The molecule has 34 valence electrons. The van der Waals surface area contributed by atoms with Gasteiger partial charge in [0.25, 0.3) is 0 Å². The van der Waals surface area contributed by atoms with Crippen molar-refractivity contribution in [2.75, 3.05) is 0 Å². The van der Waals surface area contributed by atoms with Gasteiger partial charge in [0, 0.05) is 0 Å². The Morgan fingerprint density at radius 1 is 1.71 bits per heavy atom. The Morgan fingerprint density at radius 3 is 2.43 bits per heavy atom. The molecule has 0 nitrogen and oxygen atoms in total. The van der Waals surface area contributed by atoms with Gasteiger partial charge in [0.05, 0.1) is 0 Å². The van der Waals surface area contributed by atoms with Crippen molar-refractivity contribution in [3.8, 4) is 24.0 Å². The summed E-state index contributed by atoms with van der Waals surface area (Å²) in [4.78, 5) is 0. The summed E-state index contributed by atoms with van der Waals surface area (Å²) in [6, 6.07) is 0. The summed E-state index contributed by atoms with van der Waals surface area (Å²) in [5, 5.41) is 0. The lowest BCUT2D eigenvalue weighted by atomic mass is 9.82. The molecule has 0 aromatic rings. The van der Waals surface area contributed by atoms with Gasteiger partial charge in [-0.3, -0.25) is 0 Å². The summed E-state index contributed by atoms with van der Waals surface area (Å²) in [6.45, 7) is 1.78. The van der Waals surface area contributed by atoms with Gasteiger partial charge >= 0.3 is 4.57 Å². The second-order valence-corrected chi connectivity index (χ2v) is 2.17. The fourth-order valence-corrected chi connectivity index (χ4v) is 0.480. The highest BCUT2D eigenvalue weighted by Crippen LogP contribution is 1.86. The van der Waals surface area contributed by atoms with E-state index in [-0.39, 0.29) is 4.57 Å². The summed E-state index contributed by atoms with van der Waals surface area (Å²) < 4.78 is 0.0857. The van der Waals surface area contributed by atoms with Crippen molar-refractivity contribution >= 4 is 26.9 Å². The predicted molar refractivity (Wildman–Crippen MR) is 42.1 cm³/mol. The second kappa shape index (κ2) is 4.08. The average Bonchev–Trinajstić information content (AvgIpc) is 1.68. The third kappa shape index (κ3) is 3.75. The second-order valence-electron chi connectivity index (χ2n) is 0.924. The highest BCUT2D eigenvalue weighted by atomic mass is 127. The third-order valence-corrected chi connectivity index (χ3v) is 1.09. The summed E-state index contributed by atoms with van der Waals surface area (Å²) in [7, 11) is 0. The van der Waals surface area contributed by atoms with Crippen LogP contribution in [0.5, 0.6) is 0 Å². The molecule has 0 amide bonds. The first-order valence-electron chi connectivity index (χ1n) is 1.83. The molecule has 0 spiro atoms. The monoisotopic (exact) mass is 202 g/mol. The number of rotatable bonds is 0. The number of terminal acetylenes is 1. The van der Waals surface area contributed by atoms with Crippen LogP contribution in [-0.4, -0.2) is 4.57 Å². The molecule has 0 saturated heterocycles. The highest BCUT2D eigenvalue weighted by molar-refractivity contribution is 14.1. The molecular formula is C5H4BI. The van der Waals surface area contributed by atoms with Gasteiger partial charge in [-0.1, -0.05) is 0 Å². The zero-order valence-corrected chi connectivity index (χ0v) is 6.19. The van der Waals surface area contributed by atoms with E-state index in [1.807, 2.05) is 0 Å². The zero-order chi connectivity index (χ0) is 5.70. The molecule has 0 saturated carbocycles. The lowest BCUT2D eigenvalue weighted by Gasteiger charge is -1.73. The highest BCUT2D eigenvalue weighted by Gasteiger charge is 1.94. The number of hydrogen-bond acceptors (Lipinski definition) is 0. The van der Waals surface area contributed by atoms with Crippen molar-refractivity contribution in [2.24, 2.45) is 0 Å². The first-order valence-corrected chi connectivity index (χ1v) is 3.08. The van der Waals surface area contributed by atoms with Gasteiger partial charge in [0.1, 0.15) is 0 Å². The number of halogens is 1. The molecule has 0 atom stereocenters. The zero-order valence-electron chi connectivity index (χ0n) is 4.03.